The summed E-state index contributed by atoms with van der Waals surface area (Å²) in [5.74, 6) is -0.0114. The Balaban J connectivity index is 2.33. The molecule has 114 valence electrons. The fourth-order valence-electron chi connectivity index (χ4n) is 2.04. The van der Waals surface area contributed by atoms with Crippen molar-refractivity contribution in [3.8, 4) is 5.75 Å². The number of carbonyl (C=O) groups is 1. The molecule has 21 heavy (non-hydrogen) atoms. The van der Waals surface area contributed by atoms with E-state index in [-0.39, 0.29) is 18.2 Å². The molecule has 1 aliphatic rings. The Kier molecular flexibility index (Phi) is 4.52. The average molecular weight is 310 g/mol. The standard InChI is InChI=1S/C14H18N2O4S/c1-3-9-15-14(17)13-10-16(21(18,19)4-2)11-7-5-6-8-12(11)20-13/h3,5-8,13H,1,4,9-10H2,2H3,(H,15,17). The molecule has 1 amide bonds. The van der Waals surface area contributed by atoms with Gasteiger partial charge in [-0.1, -0.05) is 18.2 Å². The quantitative estimate of drug-likeness (QED) is 0.820. The zero-order valence-corrected chi connectivity index (χ0v) is 12.6. The van der Waals surface area contributed by atoms with Gasteiger partial charge in [-0.05, 0) is 19.1 Å². The Hall–Kier alpha value is -2.02. The second-order valence-corrected chi connectivity index (χ2v) is 6.72. The Morgan fingerprint density at radius 3 is 2.90 bits per heavy atom. The van der Waals surface area contributed by atoms with Gasteiger partial charge in [0.2, 0.25) is 10.0 Å². The summed E-state index contributed by atoms with van der Waals surface area (Å²) in [5, 5.41) is 2.62. The molecule has 0 fully saturated rings. The van der Waals surface area contributed by atoms with Crippen molar-refractivity contribution < 1.29 is 17.9 Å². The van der Waals surface area contributed by atoms with Crippen LogP contribution < -0.4 is 14.4 Å². The predicted molar refractivity (Wildman–Crippen MR) is 80.9 cm³/mol. The highest BCUT2D eigenvalue weighted by Crippen LogP contribution is 2.34. The van der Waals surface area contributed by atoms with Gasteiger partial charge in [0.05, 0.1) is 18.0 Å². The van der Waals surface area contributed by atoms with Crippen LogP contribution in [-0.2, 0) is 14.8 Å². The van der Waals surface area contributed by atoms with Gasteiger partial charge in [0.15, 0.2) is 6.10 Å². The van der Waals surface area contributed by atoms with Gasteiger partial charge >= 0.3 is 0 Å². The van der Waals surface area contributed by atoms with Crippen molar-refractivity contribution in [1.29, 1.82) is 0 Å². The molecule has 7 heteroatoms. The van der Waals surface area contributed by atoms with Crippen LogP contribution in [0.1, 0.15) is 6.92 Å². The van der Waals surface area contributed by atoms with Gasteiger partial charge in [-0.25, -0.2) is 8.42 Å². The minimum Gasteiger partial charge on any atom is -0.476 e. The molecule has 0 saturated carbocycles. The number of sulfonamides is 1. The van der Waals surface area contributed by atoms with Crippen LogP contribution in [0.25, 0.3) is 0 Å². The van der Waals surface area contributed by atoms with E-state index in [0.29, 0.717) is 18.0 Å². The number of amides is 1. The van der Waals surface area contributed by atoms with E-state index < -0.39 is 16.1 Å². The molecule has 0 saturated heterocycles. The Bertz CT molecular complexity index is 642. The molecule has 1 heterocycles. The van der Waals surface area contributed by atoms with Crippen LogP contribution in [0.2, 0.25) is 0 Å². The lowest BCUT2D eigenvalue weighted by atomic mass is 10.2. The van der Waals surface area contributed by atoms with Gasteiger partial charge in [-0.2, -0.15) is 0 Å². The number of carbonyl (C=O) groups excluding carboxylic acids is 1. The van der Waals surface area contributed by atoms with Crippen molar-refractivity contribution in [3.05, 3.63) is 36.9 Å². The first-order chi connectivity index (χ1) is 9.99. The molecule has 0 radical (unpaired) electrons. The first kappa shape index (κ1) is 15.4. The first-order valence-electron chi connectivity index (χ1n) is 6.64. The minimum absolute atomic E-state index is 0.0316. The average Bonchev–Trinajstić information content (AvgIpc) is 2.51. The summed E-state index contributed by atoms with van der Waals surface area (Å²) >= 11 is 0. The Morgan fingerprint density at radius 2 is 2.24 bits per heavy atom. The van der Waals surface area contributed by atoms with Crippen LogP contribution in [0.3, 0.4) is 0 Å². The number of nitrogens with zero attached hydrogens (tertiary/aromatic N) is 1. The largest absolute Gasteiger partial charge is 0.476 e. The molecule has 1 N–H and O–H groups in total. The highest BCUT2D eigenvalue weighted by molar-refractivity contribution is 7.92. The topological polar surface area (TPSA) is 75.7 Å². The van der Waals surface area contributed by atoms with E-state index in [9.17, 15) is 13.2 Å². The summed E-state index contributed by atoms with van der Waals surface area (Å²) in [6.07, 6.45) is 0.677. The minimum atomic E-state index is -3.47. The maximum atomic E-state index is 12.2. The van der Waals surface area contributed by atoms with Gasteiger partial charge in [0.25, 0.3) is 5.91 Å². The second kappa shape index (κ2) is 6.17. The summed E-state index contributed by atoms with van der Waals surface area (Å²) in [6, 6.07) is 6.79. The third kappa shape index (κ3) is 3.18. The lowest BCUT2D eigenvalue weighted by Gasteiger charge is -2.34. The molecule has 1 aliphatic heterocycles. The predicted octanol–water partition coefficient (Wildman–Crippen LogP) is 0.906. The molecule has 1 aromatic rings. The van der Waals surface area contributed by atoms with Crippen molar-refractivity contribution in [2.75, 3.05) is 23.1 Å². The normalized spacial score (nSPS) is 17.6. The summed E-state index contributed by atoms with van der Waals surface area (Å²) in [6.45, 7) is 5.36. The number of benzene rings is 1. The fourth-order valence-corrected chi connectivity index (χ4v) is 3.17. The van der Waals surface area contributed by atoms with Gasteiger partial charge in [0.1, 0.15) is 5.75 Å². The third-order valence-corrected chi connectivity index (χ3v) is 4.90. The van der Waals surface area contributed by atoms with Crippen LogP contribution in [0, 0.1) is 0 Å². The van der Waals surface area contributed by atoms with E-state index in [2.05, 4.69) is 11.9 Å². The second-order valence-electron chi connectivity index (χ2n) is 4.54. The summed E-state index contributed by atoms with van der Waals surface area (Å²) in [5.41, 5.74) is 0.465. The molecule has 1 atom stereocenters. The van der Waals surface area contributed by atoms with Gasteiger partial charge < -0.3 is 10.1 Å². The van der Waals surface area contributed by atoms with E-state index in [0.717, 1.165) is 0 Å². The molecular weight excluding hydrogens is 292 g/mol. The summed E-state index contributed by atoms with van der Waals surface area (Å²) < 4.78 is 31.3. The highest BCUT2D eigenvalue weighted by atomic mass is 32.2. The number of nitrogens with one attached hydrogen (secondary N) is 1. The van der Waals surface area contributed by atoms with E-state index in [4.69, 9.17) is 4.74 Å². The highest BCUT2D eigenvalue weighted by Gasteiger charge is 2.35. The molecule has 1 aromatic carbocycles. The van der Waals surface area contributed by atoms with Crippen molar-refractivity contribution in [3.63, 3.8) is 0 Å². The molecule has 2 rings (SSSR count). The number of para-hydroxylation sites is 2. The Morgan fingerprint density at radius 1 is 1.52 bits per heavy atom. The third-order valence-electron chi connectivity index (χ3n) is 3.15. The smallest absolute Gasteiger partial charge is 0.263 e. The first-order valence-corrected chi connectivity index (χ1v) is 8.25. The fraction of sp³-hybridized carbons (Fsp3) is 0.357. The van der Waals surface area contributed by atoms with E-state index >= 15 is 0 Å². The van der Waals surface area contributed by atoms with Crippen LogP contribution in [0.4, 0.5) is 5.69 Å². The van der Waals surface area contributed by atoms with Crippen molar-refractivity contribution in [1.82, 2.24) is 5.32 Å². The van der Waals surface area contributed by atoms with Crippen LogP contribution >= 0.6 is 0 Å². The Labute approximate surface area is 124 Å². The molecule has 6 nitrogen and oxygen atoms in total. The van der Waals surface area contributed by atoms with Gasteiger partial charge in [-0.3, -0.25) is 9.10 Å². The molecular formula is C14H18N2O4S. The number of hydrogen-bond acceptors (Lipinski definition) is 4. The number of fused-ring (bicyclic) bond motifs is 1. The molecule has 0 bridgehead atoms. The number of ether oxygens (including phenoxy) is 1. The molecule has 0 aromatic heterocycles. The van der Waals surface area contributed by atoms with E-state index in [1.807, 2.05) is 0 Å². The zero-order chi connectivity index (χ0) is 15.5. The van der Waals surface area contributed by atoms with Crippen LogP contribution in [0.5, 0.6) is 5.75 Å². The van der Waals surface area contributed by atoms with Crippen LogP contribution in [0.15, 0.2) is 36.9 Å². The lowest BCUT2D eigenvalue weighted by molar-refractivity contribution is -0.127. The maximum Gasteiger partial charge on any atom is 0.263 e. The maximum absolute atomic E-state index is 12.2. The van der Waals surface area contributed by atoms with Gasteiger partial charge in [-0.15, -0.1) is 6.58 Å². The zero-order valence-electron chi connectivity index (χ0n) is 11.8. The summed E-state index contributed by atoms with van der Waals surface area (Å²) in [4.78, 5) is 12.0. The van der Waals surface area contributed by atoms with Crippen molar-refractivity contribution >= 4 is 21.6 Å². The number of hydrogen-bond donors (Lipinski definition) is 1. The monoisotopic (exact) mass is 310 g/mol. The number of rotatable bonds is 5. The van der Waals surface area contributed by atoms with Crippen molar-refractivity contribution in [2.45, 2.75) is 13.0 Å². The summed E-state index contributed by atoms with van der Waals surface area (Å²) in [7, 11) is -3.47. The molecule has 1 unspecified atom stereocenters. The van der Waals surface area contributed by atoms with Gasteiger partial charge in [0, 0.05) is 6.54 Å². The molecule has 0 aliphatic carbocycles. The molecule has 0 spiro atoms. The SMILES string of the molecule is C=CCNC(=O)C1CN(S(=O)(=O)CC)c2ccccc2O1. The number of anilines is 1. The van der Waals surface area contributed by atoms with Crippen molar-refractivity contribution in [2.24, 2.45) is 0 Å². The van der Waals surface area contributed by atoms with E-state index in [1.54, 1.807) is 37.3 Å². The van der Waals surface area contributed by atoms with E-state index in [1.165, 1.54) is 4.31 Å². The lowest BCUT2D eigenvalue weighted by Crippen LogP contribution is -2.51. The van der Waals surface area contributed by atoms with Crippen LogP contribution in [-0.4, -0.2) is 39.3 Å².